The van der Waals surface area contributed by atoms with Crippen molar-refractivity contribution in [3.63, 3.8) is 0 Å². The maximum atomic E-state index is 12.8. The molecule has 1 aliphatic carbocycles. The van der Waals surface area contributed by atoms with Crippen LogP contribution in [0.1, 0.15) is 52.9 Å². The van der Waals surface area contributed by atoms with E-state index in [1.165, 1.54) is 25.7 Å². The molecule has 1 saturated heterocycles. The predicted molar refractivity (Wildman–Crippen MR) is 82.3 cm³/mol. The van der Waals surface area contributed by atoms with Crippen LogP contribution in [0.2, 0.25) is 0 Å². The monoisotopic (exact) mass is 284 g/mol. The molecule has 2 rings (SSSR count). The molecule has 1 N–H and O–H groups in total. The lowest BCUT2D eigenvalue weighted by Crippen LogP contribution is -2.48. The minimum atomic E-state index is -0.347. The molecule has 0 bridgehead atoms. The zero-order valence-corrected chi connectivity index (χ0v) is 13.6. The summed E-state index contributed by atoms with van der Waals surface area (Å²) in [6.07, 6.45) is 8.45. The Morgan fingerprint density at radius 1 is 1.47 bits per heavy atom. The lowest BCUT2D eigenvalue weighted by molar-refractivity contribution is -0.135. The number of carbonyl (C=O) groups excluding carboxylic acids is 1. The van der Waals surface area contributed by atoms with Gasteiger partial charge in [0.25, 0.3) is 0 Å². The highest BCUT2D eigenvalue weighted by Crippen LogP contribution is 2.36. The summed E-state index contributed by atoms with van der Waals surface area (Å²) in [5, 5.41) is 3.67. The summed E-state index contributed by atoms with van der Waals surface area (Å²) in [4.78, 5) is 15.0. The second-order valence-electron chi connectivity index (χ2n) is 6.34. The maximum absolute atomic E-state index is 12.8. The van der Waals surface area contributed by atoms with Crippen LogP contribution in [0.4, 0.5) is 0 Å². The van der Waals surface area contributed by atoms with Crippen molar-refractivity contribution in [2.24, 2.45) is 5.92 Å². The van der Waals surface area contributed by atoms with Crippen molar-refractivity contribution < 1.29 is 4.79 Å². The van der Waals surface area contributed by atoms with Crippen molar-refractivity contribution in [2.45, 2.75) is 70.6 Å². The van der Waals surface area contributed by atoms with Gasteiger partial charge in [-0.05, 0) is 45.3 Å². The molecule has 0 radical (unpaired) electrons. The van der Waals surface area contributed by atoms with Gasteiger partial charge < -0.3 is 4.90 Å². The van der Waals surface area contributed by atoms with E-state index in [2.05, 4.69) is 37.2 Å². The maximum Gasteiger partial charge on any atom is 0.244 e. The van der Waals surface area contributed by atoms with Gasteiger partial charge in [-0.25, -0.2) is 0 Å². The van der Waals surface area contributed by atoms with Crippen molar-refractivity contribution in [2.75, 3.05) is 12.0 Å². The smallest absolute Gasteiger partial charge is 0.244 e. The van der Waals surface area contributed by atoms with Crippen LogP contribution in [-0.2, 0) is 4.79 Å². The number of thioether (sulfide) groups is 1. The molecule has 0 aromatic rings. The summed E-state index contributed by atoms with van der Waals surface area (Å²) in [5.74, 6) is 1.99. The highest BCUT2D eigenvalue weighted by Gasteiger charge is 2.50. The first-order chi connectivity index (χ1) is 9.03. The molecule has 0 aromatic heterocycles. The Morgan fingerprint density at radius 2 is 2.11 bits per heavy atom. The van der Waals surface area contributed by atoms with Crippen LogP contribution in [-0.4, -0.2) is 40.6 Å². The summed E-state index contributed by atoms with van der Waals surface area (Å²) in [5.41, 5.74) is -0.347. The third-order valence-electron chi connectivity index (χ3n) is 4.91. The number of nitrogens with one attached hydrogen (secondary N) is 1. The Kier molecular flexibility index (Phi) is 4.83. The normalized spacial score (nSPS) is 34.2. The van der Waals surface area contributed by atoms with Crippen molar-refractivity contribution in [3.05, 3.63) is 0 Å². The zero-order valence-electron chi connectivity index (χ0n) is 12.7. The van der Waals surface area contributed by atoms with E-state index in [4.69, 9.17) is 0 Å². The topological polar surface area (TPSA) is 32.3 Å². The van der Waals surface area contributed by atoms with Gasteiger partial charge in [-0.2, -0.15) is 11.8 Å². The second-order valence-corrected chi connectivity index (χ2v) is 7.25. The average Bonchev–Trinajstić information content (AvgIpc) is 2.98. The quantitative estimate of drug-likeness (QED) is 0.842. The summed E-state index contributed by atoms with van der Waals surface area (Å²) in [6.45, 7) is 6.38. The summed E-state index contributed by atoms with van der Waals surface area (Å²) >= 11 is 1.83. The van der Waals surface area contributed by atoms with Gasteiger partial charge in [-0.1, -0.05) is 19.8 Å². The van der Waals surface area contributed by atoms with Gasteiger partial charge in [0.15, 0.2) is 0 Å². The second kappa shape index (κ2) is 6.04. The van der Waals surface area contributed by atoms with E-state index < -0.39 is 0 Å². The standard InChI is InChI=1S/C15H28N2OS/c1-5-15(3)14(18)17(11(2)10-19-4)13(16-15)12-8-6-7-9-12/h11-13,16H,5-10H2,1-4H3. The molecular weight excluding hydrogens is 256 g/mol. The van der Waals surface area contributed by atoms with Crippen molar-refractivity contribution in [3.8, 4) is 0 Å². The highest BCUT2D eigenvalue weighted by atomic mass is 32.2. The SMILES string of the molecule is CCC1(C)NC(C2CCCC2)N(C(C)CSC)C1=O. The summed E-state index contributed by atoms with van der Waals surface area (Å²) in [6, 6.07) is 0.328. The van der Waals surface area contributed by atoms with Gasteiger partial charge in [0, 0.05) is 11.8 Å². The summed E-state index contributed by atoms with van der Waals surface area (Å²) in [7, 11) is 0. The molecule has 4 heteroatoms. The molecule has 1 amide bonds. The van der Waals surface area contributed by atoms with Gasteiger partial charge in [0.1, 0.15) is 0 Å². The third kappa shape index (κ3) is 2.80. The van der Waals surface area contributed by atoms with Gasteiger partial charge in [0.05, 0.1) is 11.7 Å². The molecule has 1 heterocycles. The van der Waals surface area contributed by atoms with Crippen LogP contribution in [0.15, 0.2) is 0 Å². The molecule has 3 atom stereocenters. The molecule has 1 aliphatic heterocycles. The van der Waals surface area contributed by atoms with Crippen LogP contribution in [0.5, 0.6) is 0 Å². The lowest BCUT2D eigenvalue weighted by Gasteiger charge is -2.33. The van der Waals surface area contributed by atoms with Crippen LogP contribution in [0, 0.1) is 5.92 Å². The fourth-order valence-corrected chi connectivity index (χ4v) is 4.18. The number of rotatable bonds is 5. The molecule has 0 spiro atoms. The number of carbonyl (C=O) groups is 1. The first-order valence-electron chi connectivity index (χ1n) is 7.63. The third-order valence-corrected chi connectivity index (χ3v) is 5.72. The van der Waals surface area contributed by atoms with Gasteiger partial charge in [-0.3, -0.25) is 10.1 Å². The van der Waals surface area contributed by atoms with E-state index in [9.17, 15) is 4.79 Å². The Bertz CT molecular complexity index is 330. The van der Waals surface area contributed by atoms with Crippen LogP contribution >= 0.6 is 11.8 Å². The minimum Gasteiger partial charge on any atom is -0.322 e. The lowest BCUT2D eigenvalue weighted by atomic mass is 9.99. The van der Waals surface area contributed by atoms with Crippen molar-refractivity contribution >= 4 is 17.7 Å². The molecule has 2 aliphatic rings. The van der Waals surface area contributed by atoms with Crippen LogP contribution < -0.4 is 5.32 Å². The van der Waals surface area contributed by atoms with E-state index in [1.54, 1.807) is 0 Å². The van der Waals surface area contributed by atoms with E-state index in [0.29, 0.717) is 17.9 Å². The van der Waals surface area contributed by atoms with E-state index in [0.717, 1.165) is 12.2 Å². The summed E-state index contributed by atoms with van der Waals surface area (Å²) < 4.78 is 0. The van der Waals surface area contributed by atoms with E-state index in [1.807, 2.05) is 11.8 Å². The first kappa shape index (κ1) is 15.2. The first-order valence-corrected chi connectivity index (χ1v) is 9.02. The molecule has 3 unspecified atom stereocenters. The van der Waals surface area contributed by atoms with Crippen molar-refractivity contribution in [1.82, 2.24) is 10.2 Å². The van der Waals surface area contributed by atoms with E-state index in [-0.39, 0.29) is 11.7 Å². The Balaban J connectivity index is 2.20. The van der Waals surface area contributed by atoms with E-state index >= 15 is 0 Å². The molecule has 1 saturated carbocycles. The van der Waals surface area contributed by atoms with Crippen LogP contribution in [0.3, 0.4) is 0 Å². The largest absolute Gasteiger partial charge is 0.322 e. The predicted octanol–water partition coefficient (Wildman–Crippen LogP) is 2.85. The Labute approximate surface area is 121 Å². The van der Waals surface area contributed by atoms with Crippen molar-refractivity contribution in [1.29, 1.82) is 0 Å². The number of amides is 1. The highest BCUT2D eigenvalue weighted by molar-refractivity contribution is 7.98. The number of nitrogens with zero attached hydrogens (tertiary/aromatic N) is 1. The molecule has 0 aromatic carbocycles. The van der Waals surface area contributed by atoms with Gasteiger partial charge in [-0.15, -0.1) is 0 Å². The Hall–Kier alpha value is -0.220. The van der Waals surface area contributed by atoms with Gasteiger partial charge in [0.2, 0.25) is 5.91 Å². The molecule has 3 nitrogen and oxygen atoms in total. The molecule has 2 fully saturated rings. The zero-order chi connectivity index (χ0) is 14.0. The Morgan fingerprint density at radius 3 is 2.63 bits per heavy atom. The van der Waals surface area contributed by atoms with Crippen LogP contribution in [0.25, 0.3) is 0 Å². The molecule has 19 heavy (non-hydrogen) atoms. The molecular formula is C15H28N2OS. The fourth-order valence-electron chi connectivity index (χ4n) is 3.54. The number of hydrogen-bond acceptors (Lipinski definition) is 3. The number of hydrogen-bond donors (Lipinski definition) is 1. The van der Waals surface area contributed by atoms with Gasteiger partial charge >= 0.3 is 0 Å². The minimum absolute atomic E-state index is 0.266. The molecule has 110 valence electrons. The fraction of sp³-hybridized carbons (Fsp3) is 0.933. The average molecular weight is 284 g/mol.